The van der Waals surface area contributed by atoms with Crippen molar-refractivity contribution < 1.29 is 4.74 Å². The lowest BCUT2D eigenvalue weighted by atomic mass is 10.1. The van der Waals surface area contributed by atoms with Gasteiger partial charge in [0.2, 0.25) is 0 Å². The number of piperidine rings is 1. The third kappa shape index (κ3) is 7.10. The van der Waals surface area contributed by atoms with Gasteiger partial charge in [-0.1, -0.05) is 6.92 Å². The fourth-order valence-corrected chi connectivity index (χ4v) is 2.53. The summed E-state index contributed by atoms with van der Waals surface area (Å²) < 4.78 is 5.33. The average molecular weight is 284 g/mol. The summed E-state index contributed by atoms with van der Waals surface area (Å²) >= 11 is 0. The molecule has 5 nitrogen and oxygen atoms in total. The molecule has 0 aromatic heterocycles. The Labute approximate surface area is 124 Å². The summed E-state index contributed by atoms with van der Waals surface area (Å²) in [6, 6.07) is 0.557. The molecule has 20 heavy (non-hydrogen) atoms. The molecule has 0 aromatic rings. The fourth-order valence-electron chi connectivity index (χ4n) is 2.53. The molecule has 1 aliphatic heterocycles. The van der Waals surface area contributed by atoms with Crippen molar-refractivity contribution in [3.8, 4) is 0 Å². The van der Waals surface area contributed by atoms with Gasteiger partial charge in [-0.15, -0.1) is 0 Å². The van der Waals surface area contributed by atoms with Crippen LogP contribution in [0, 0.1) is 0 Å². The van der Waals surface area contributed by atoms with Gasteiger partial charge in [0.05, 0.1) is 0 Å². The largest absolute Gasteiger partial charge is 0.382 e. The van der Waals surface area contributed by atoms with Crippen molar-refractivity contribution in [2.45, 2.75) is 45.6 Å². The molecule has 2 N–H and O–H groups in total. The van der Waals surface area contributed by atoms with Gasteiger partial charge in [-0.05, 0) is 39.2 Å². The Morgan fingerprint density at radius 3 is 2.65 bits per heavy atom. The first kappa shape index (κ1) is 17.2. The number of rotatable bonds is 8. The molecule has 1 heterocycles. The first-order valence-electron chi connectivity index (χ1n) is 8.07. The molecule has 0 aromatic carbocycles. The Balaban J connectivity index is 2.15. The second-order valence-corrected chi connectivity index (χ2v) is 5.31. The van der Waals surface area contributed by atoms with E-state index in [2.05, 4.69) is 27.4 Å². The number of nitrogens with one attached hydrogen (secondary N) is 2. The van der Waals surface area contributed by atoms with Gasteiger partial charge in [0.1, 0.15) is 0 Å². The molecule has 5 heteroatoms. The zero-order valence-electron chi connectivity index (χ0n) is 13.5. The van der Waals surface area contributed by atoms with Crippen LogP contribution in [0.3, 0.4) is 0 Å². The lowest BCUT2D eigenvalue weighted by molar-refractivity contribution is 0.145. The van der Waals surface area contributed by atoms with E-state index in [9.17, 15) is 0 Å². The molecular formula is C15H32N4O. The van der Waals surface area contributed by atoms with Crippen LogP contribution in [0.5, 0.6) is 0 Å². The van der Waals surface area contributed by atoms with Gasteiger partial charge in [0, 0.05) is 45.9 Å². The summed E-state index contributed by atoms with van der Waals surface area (Å²) in [4.78, 5) is 6.85. The van der Waals surface area contributed by atoms with E-state index in [0.717, 1.165) is 32.1 Å². The van der Waals surface area contributed by atoms with E-state index in [-0.39, 0.29) is 0 Å². The number of aliphatic imine (C=N–C) groups is 1. The van der Waals surface area contributed by atoms with Gasteiger partial charge >= 0.3 is 0 Å². The van der Waals surface area contributed by atoms with Crippen LogP contribution in [-0.4, -0.2) is 63.3 Å². The molecule has 0 amide bonds. The standard InChI is InChI=1S/C15H32N4O/c1-4-10-19-11-7-14(8-12-19)18-15(16-3)17-9-6-13-20-5-2/h14H,4-13H2,1-3H3,(H2,16,17,18). The summed E-state index contributed by atoms with van der Waals surface area (Å²) in [6.07, 6.45) is 4.68. The molecule has 0 atom stereocenters. The molecule has 118 valence electrons. The molecule has 1 aliphatic rings. The van der Waals surface area contributed by atoms with E-state index in [0.29, 0.717) is 6.04 Å². The van der Waals surface area contributed by atoms with Crippen LogP contribution in [0.25, 0.3) is 0 Å². The molecule has 1 fully saturated rings. The highest BCUT2D eigenvalue weighted by atomic mass is 16.5. The van der Waals surface area contributed by atoms with Crippen molar-refractivity contribution >= 4 is 5.96 Å². The summed E-state index contributed by atoms with van der Waals surface area (Å²) in [5.74, 6) is 0.926. The molecule has 0 saturated carbocycles. The molecular weight excluding hydrogens is 252 g/mol. The van der Waals surface area contributed by atoms with Crippen LogP contribution < -0.4 is 10.6 Å². The second kappa shape index (κ2) is 10.9. The minimum Gasteiger partial charge on any atom is -0.382 e. The SMILES string of the molecule is CCCN1CCC(NC(=NC)NCCCOCC)CC1. The van der Waals surface area contributed by atoms with Crippen LogP contribution >= 0.6 is 0 Å². The van der Waals surface area contributed by atoms with E-state index >= 15 is 0 Å². The van der Waals surface area contributed by atoms with Crippen LogP contribution in [0.1, 0.15) is 39.5 Å². The van der Waals surface area contributed by atoms with Crippen LogP contribution in [-0.2, 0) is 4.74 Å². The topological polar surface area (TPSA) is 48.9 Å². The van der Waals surface area contributed by atoms with Gasteiger partial charge < -0.3 is 20.3 Å². The molecule has 1 saturated heterocycles. The van der Waals surface area contributed by atoms with Crippen molar-refractivity contribution in [3.05, 3.63) is 0 Å². The summed E-state index contributed by atoms with van der Waals surface area (Å²) in [7, 11) is 1.84. The highest BCUT2D eigenvalue weighted by Crippen LogP contribution is 2.10. The summed E-state index contributed by atoms with van der Waals surface area (Å²) in [6.45, 7) is 10.4. The molecule has 0 spiro atoms. The Morgan fingerprint density at radius 1 is 1.30 bits per heavy atom. The van der Waals surface area contributed by atoms with Gasteiger partial charge in [0.15, 0.2) is 5.96 Å². The maximum atomic E-state index is 5.33. The first-order chi connectivity index (χ1) is 9.80. The van der Waals surface area contributed by atoms with E-state index in [1.807, 2.05) is 14.0 Å². The predicted octanol–water partition coefficient (Wildman–Crippen LogP) is 1.45. The van der Waals surface area contributed by atoms with Gasteiger partial charge in [0.25, 0.3) is 0 Å². The van der Waals surface area contributed by atoms with E-state index in [4.69, 9.17) is 4.74 Å². The number of likely N-dealkylation sites (tertiary alicyclic amines) is 1. The van der Waals surface area contributed by atoms with Crippen molar-refractivity contribution in [1.82, 2.24) is 15.5 Å². The number of guanidine groups is 1. The summed E-state index contributed by atoms with van der Waals surface area (Å²) in [5, 5.41) is 6.89. The normalized spacial score (nSPS) is 18.2. The number of ether oxygens (including phenoxy) is 1. The quantitative estimate of drug-likeness (QED) is 0.402. The smallest absolute Gasteiger partial charge is 0.191 e. The van der Waals surface area contributed by atoms with Crippen molar-refractivity contribution in [3.63, 3.8) is 0 Å². The van der Waals surface area contributed by atoms with E-state index in [1.165, 1.54) is 38.9 Å². The number of nitrogens with zero attached hydrogens (tertiary/aromatic N) is 2. The number of hydrogen-bond acceptors (Lipinski definition) is 3. The maximum absolute atomic E-state index is 5.33. The Kier molecular flexibility index (Phi) is 9.41. The van der Waals surface area contributed by atoms with Crippen LogP contribution in [0.4, 0.5) is 0 Å². The van der Waals surface area contributed by atoms with Crippen molar-refractivity contribution in [2.24, 2.45) is 4.99 Å². The second-order valence-electron chi connectivity index (χ2n) is 5.31. The maximum Gasteiger partial charge on any atom is 0.191 e. The van der Waals surface area contributed by atoms with Crippen molar-refractivity contribution in [1.29, 1.82) is 0 Å². The van der Waals surface area contributed by atoms with Crippen LogP contribution in [0.15, 0.2) is 4.99 Å². The van der Waals surface area contributed by atoms with Gasteiger partial charge in [-0.2, -0.15) is 0 Å². The highest BCUT2D eigenvalue weighted by molar-refractivity contribution is 5.79. The monoisotopic (exact) mass is 284 g/mol. The first-order valence-corrected chi connectivity index (χ1v) is 8.07. The lowest BCUT2D eigenvalue weighted by Gasteiger charge is -2.32. The van der Waals surface area contributed by atoms with Gasteiger partial charge in [-0.25, -0.2) is 0 Å². The Bertz CT molecular complexity index is 263. The zero-order valence-corrected chi connectivity index (χ0v) is 13.5. The molecule has 0 bridgehead atoms. The average Bonchev–Trinajstić information content (AvgIpc) is 2.48. The van der Waals surface area contributed by atoms with Crippen LogP contribution in [0.2, 0.25) is 0 Å². The van der Waals surface area contributed by atoms with E-state index < -0.39 is 0 Å². The fraction of sp³-hybridized carbons (Fsp3) is 0.933. The molecule has 0 radical (unpaired) electrons. The Morgan fingerprint density at radius 2 is 2.05 bits per heavy atom. The van der Waals surface area contributed by atoms with Gasteiger partial charge in [-0.3, -0.25) is 4.99 Å². The minimum absolute atomic E-state index is 0.557. The predicted molar refractivity (Wildman–Crippen MR) is 85.4 cm³/mol. The third-order valence-corrected chi connectivity index (χ3v) is 3.65. The third-order valence-electron chi connectivity index (χ3n) is 3.65. The minimum atomic E-state index is 0.557. The molecule has 0 aliphatic carbocycles. The highest BCUT2D eigenvalue weighted by Gasteiger charge is 2.18. The van der Waals surface area contributed by atoms with E-state index in [1.54, 1.807) is 0 Å². The Hall–Kier alpha value is -0.810. The summed E-state index contributed by atoms with van der Waals surface area (Å²) in [5.41, 5.74) is 0. The lowest BCUT2D eigenvalue weighted by Crippen LogP contribution is -2.48. The zero-order chi connectivity index (χ0) is 14.6. The number of hydrogen-bond donors (Lipinski definition) is 2. The molecule has 0 unspecified atom stereocenters. The van der Waals surface area contributed by atoms with Crippen molar-refractivity contribution in [2.75, 3.05) is 46.4 Å². The molecule has 1 rings (SSSR count).